The second-order valence-electron chi connectivity index (χ2n) is 5.93. The van der Waals surface area contributed by atoms with E-state index in [4.69, 9.17) is 0 Å². The topological polar surface area (TPSA) is 3.24 Å². The molecule has 0 fully saturated rings. The first-order valence-electron chi connectivity index (χ1n) is 8.13. The number of anilines is 3. The van der Waals surface area contributed by atoms with Gasteiger partial charge in [-0.3, -0.25) is 0 Å². The molecule has 0 aliphatic carbocycles. The molecular formula is C23H21N. The van der Waals surface area contributed by atoms with Crippen LogP contribution in [0, 0.1) is 25.7 Å². The zero-order valence-corrected chi connectivity index (χ0v) is 14.4. The summed E-state index contributed by atoms with van der Waals surface area (Å²) in [5.74, 6) is 6.04. The molecule has 1 nitrogen and oxygen atoms in total. The molecule has 0 spiro atoms. The van der Waals surface area contributed by atoms with E-state index >= 15 is 0 Å². The number of benzene rings is 3. The predicted molar refractivity (Wildman–Crippen MR) is 103 cm³/mol. The Morgan fingerprint density at radius 3 is 1.33 bits per heavy atom. The van der Waals surface area contributed by atoms with Crippen molar-refractivity contribution in [2.45, 2.75) is 20.8 Å². The van der Waals surface area contributed by atoms with Crippen LogP contribution in [0.15, 0.2) is 72.8 Å². The first-order valence-corrected chi connectivity index (χ1v) is 8.13. The lowest BCUT2D eigenvalue weighted by atomic mass is 10.1. The molecule has 3 aromatic rings. The van der Waals surface area contributed by atoms with E-state index in [1.807, 2.05) is 6.92 Å². The molecule has 24 heavy (non-hydrogen) atoms. The predicted octanol–water partition coefficient (Wildman–Crippen LogP) is 6.14. The Kier molecular flexibility index (Phi) is 4.68. The molecule has 1 heteroatoms. The van der Waals surface area contributed by atoms with Crippen molar-refractivity contribution in [3.63, 3.8) is 0 Å². The van der Waals surface area contributed by atoms with Crippen molar-refractivity contribution in [2.24, 2.45) is 0 Å². The molecule has 0 unspecified atom stereocenters. The molecule has 0 saturated heterocycles. The molecule has 0 atom stereocenters. The Morgan fingerprint density at radius 2 is 0.958 bits per heavy atom. The largest absolute Gasteiger partial charge is 0.311 e. The van der Waals surface area contributed by atoms with Crippen LogP contribution in [0.5, 0.6) is 0 Å². The lowest BCUT2D eigenvalue weighted by Gasteiger charge is -2.25. The van der Waals surface area contributed by atoms with Crippen LogP contribution < -0.4 is 4.90 Å². The van der Waals surface area contributed by atoms with Gasteiger partial charge in [0.15, 0.2) is 0 Å². The van der Waals surface area contributed by atoms with Crippen LogP contribution in [0.2, 0.25) is 0 Å². The van der Waals surface area contributed by atoms with E-state index in [0.29, 0.717) is 0 Å². The van der Waals surface area contributed by atoms with Crippen LogP contribution in [0.25, 0.3) is 0 Å². The Balaban J connectivity index is 2.08. The van der Waals surface area contributed by atoms with Gasteiger partial charge in [0.2, 0.25) is 0 Å². The average molecular weight is 311 g/mol. The maximum Gasteiger partial charge on any atom is 0.0462 e. The molecule has 0 aliphatic rings. The lowest BCUT2D eigenvalue weighted by Crippen LogP contribution is -2.09. The zero-order chi connectivity index (χ0) is 16.9. The minimum Gasteiger partial charge on any atom is -0.311 e. The number of hydrogen-bond acceptors (Lipinski definition) is 1. The molecular weight excluding hydrogens is 290 g/mol. The third-order valence-corrected chi connectivity index (χ3v) is 3.98. The highest BCUT2D eigenvalue weighted by Gasteiger charge is 2.11. The molecule has 0 saturated carbocycles. The Morgan fingerprint density at radius 1 is 0.583 bits per heavy atom. The van der Waals surface area contributed by atoms with E-state index in [-0.39, 0.29) is 0 Å². The molecule has 0 N–H and O–H groups in total. The normalized spacial score (nSPS) is 9.96. The van der Waals surface area contributed by atoms with E-state index in [2.05, 4.69) is 103 Å². The Bertz CT molecular complexity index is 815. The molecule has 0 aliphatic heterocycles. The second kappa shape index (κ2) is 7.06. The smallest absolute Gasteiger partial charge is 0.0462 e. The van der Waals surface area contributed by atoms with Gasteiger partial charge in [-0.1, -0.05) is 41.3 Å². The van der Waals surface area contributed by atoms with E-state index in [9.17, 15) is 0 Å². The summed E-state index contributed by atoms with van der Waals surface area (Å²) in [7, 11) is 0. The van der Waals surface area contributed by atoms with E-state index < -0.39 is 0 Å². The van der Waals surface area contributed by atoms with Gasteiger partial charge in [0, 0.05) is 22.6 Å². The number of rotatable bonds is 3. The highest BCUT2D eigenvalue weighted by atomic mass is 15.1. The average Bonchev–Trinajstić information content (AvgIpc) is 2.60. The summed E-state index contributed by atoms with van der Waals surface area (Å²) in [5, 5.41) is 0. The minimum absolute atomic E-state index is 1.04. The van der Waals surface area contributed by atoms with Crippen LogP contribution in [-0.2, 0) is 0 Å². The third-order valence-electron chi connectivity index (χ3n) is 3.98. The van der Waals surface area contributed by atoms with Crippen molar-refractivity contribution in [1.29, 1.82) is 0 Å². The van der Waals surface area contributed by atoms with Gasteiger partial charge in [0.1, 0.15) is 0 Å². The fourth-order valence-electron chi connectivity index (χ4n) is 2.67. The number of nitrogens with zero attached hydrogens (tertiary/aromatic N) is 1. The summed E-state index contributed by atoms with van der Waals surface area (Å²) in [6.07, 6.45) is 0. The lowest BCUT2D eigenvalue weighted by molar-refractivity contribution is 1.27. The van der Waals surface area contributed by atoms with Gasteiger partial charge >= 0.3 is 0 Å². The summed E-state index contributed by atoms with van der Waals surface area (Å²) in [6.45, 7) is 6.08. The maximum absolute atomic E-state index is 3.10. The molecule has 0 amide bonds. The van der Waals surface area contributed by atoms with Crippen molar-refractivity contribution in [1.82, 2.24) is 0 Å². The van der Waals surface area contributed by atoms with Crippen LogP contribution in [0.3, 0.4) is 0 Å². The standard InChI is InChI=1S/C23H21N/c1-4-5-20-10-16-23(17-11-20)24(21-12-6-18(2)7-13-21)22-14-8-19(3)9-15-22/h6-17H,1-3H3. The molecule has 3 aromatic carbocycles. The fraction of sp³-hybridized carbons (Fsp3) is 0.130. The van der Waals surface area contributed by atoms with Crippen molar-refractivity contribution in [3.8, 4) is 11.8 Å². The summed E-state index contributed by atoms with van der Waals surface area (Å²) >= 11 is 0. The minimum atomic E-state index is 1.04. The number of hydrogen-bond donors (Lipinski definition) is 0. The highest BCUT2D eigenvalue weighted by Crippen LogP contribution is 2.34. The van der Waals surface area contributed by atoms with Crippen LogP contribution in [0.4, 0.5) is 17.1 Å². The first-order chi connectivity index (χ1) is 11.7. The molecule has 0 radical (unpaired) electrons. The van der Waals surface area contributed by atoms with Gasteiger partial charge in [0.05, 0.1) is 0 Å². The van der Waals surface area contributed by atoms with Crippen molar-refractivity contribution >= 4 is 17.1 Å². The molecule has 0 heterocycles. The monoisotopic (exact) mass is 311 g/mol. The molecule has 0 bridgehead atoms. The van der Waals surface area contributed by atoms with Crippen LogP contribution in [0.1, 0.15) is 23.6 Å². The van der Waals surface area contributed by atoms with Gasteiger partial charge in [-0.15, -0.1) is 5.92 Å². The Labute approximate surface area is 144 Å². The first kappa shape index (κ1) is 15.9. The summed E-state index contributed by atoms with van der Waals surface area (Å²) in [4.78, 5) is 2.27. The molecule has 118 valence electrons. The highest BCUT2D eigenvalue weighted by molar-refractivity contribution is 5.76. The van der Waals surface area contributed by atoms with Gasteiger partial charge in [-0.25, -0.2) is 0 Å². The molecule has 0 aromatic heterocycles. The van der Waals surface area contributed by atoms with Crippen LogP contribution >= 0.6 is 0 Å². The van der Waals surface area contributed by atoms with Gasteiger partial charge in [0.25, 0.3) is 0 Å². The summed E-state index contributed by atoms with van der Waals surface area (Å²) in [6, 6.07) is 25.6. The maximum atomic E-state index is 3.10. The van der Waals surface area contributed by atoms with E-state index in [1.165, 1.54) is 11.1 Å². The zero-order valence-electron chi connectivity index (χ0n) is 14.4. The van der Waals surface area contributed by atoms with Gasteiger partial charge < -0.3 is 4.90 Å². The van der Waals surface area contributed by atoms with Gasteiger partial charge in [-0.2, -0.15) is 0 Å². The van der Waals surface area contributed by atoms with Crippen molar-refractivity contribution < 1.29 is 0 Å². The summed E-state index contributed by atoms with van der Waals surface area (Å²) < 4.78 is 0. The van der Waals surface area contributed by atoms with Crippen LogP contribution in [-0.4, -0.2) is 0 Å². The second-order valence-corrected chi connectivity index (χ2v) is 5.93. The van der Waals surface area contributed by atoms with Crippen molar-refractivity contribution in [3.05, 3.63) is 89.5 Å². The SMILES string of the molecule is CC#Cc1ccc(N(c2ccc(C)cc2)c2ccc(C)cc2)cc1. The number of aryl methyl sites for hydroxylation is 2. The van der Waals surface area contributed by atoms with Crippen molar-refractivity contribution in [2.75, 3.05) is 4.90 Å². The van der Waals surface area contributed by atoms with Gasteiger partial charge in [-0.05, 0) is 69.3 Å². The fourth-order valence-corrected chi connectivity index (χ4v) is 2.67. The quantitative estimate of drug-likeness (QED) is 0.525. The van der Waals surface area contributed by atoms with E-state index in [0.717, 1.165) is 22.6 Å². The molecule has 3 rings (SSSR count). The summed E-state index contributed by atoms with van der Waals surface area (Å²) in [5.41, 5.74) is 6.99. The van der Waals surface area contributed by atoms with E-state index in [1.54, 1.807) is 0 Å². The third kappa shape index (κ3) is 3.50. The Hall–Kier alpha value is -2.98.